The summed E-state index contributed by atoms with van der Waals surface area (Å²) in [5.74, 6) is 0.108. The Bertz CT molecular complexity index is 524. The predicted octanol–water partition coefficient (Wildman–Crippen LogP) is 4.31. The third-order valence-corrected chi connectivity index (χ3v) is 4.94. The van der Waals surface area contributed by atoms with Gasteiger partial charge in [0.15, 0.2) is 0 Å². The highest BCUT2D eigenvalue weighted by Gasteiger charge is 2.41. The van der Waals surface area contributed by atoms with Crippen LogP contribution in [0.1, 0.15) is 32.1 Å². The van der Waals surface area contributed by atoms with Gasteiger partial charge in [0.05, 0.1) is 26.8 Å². The number of nitrogens with one attached hydrogen (secondary N) is 2. The molecule has 1 aliphatic carbocycles. The molecule has 1 aliphatic heterocycles. The van der Waals surface area contributed by atoms with Gasteiger partial charge in [0.2, 0.25) is 5.91 Å². The van der Waals surface area contributed by atoms with Gasteiger partial charge in [-0.05, 0) is 25.0 Å². The number of hydrogen-bond donors (Lipinski definition) is 2. The Morgan fingerprint density at radius 3 is 2.32 bits per heavy atom. The molecule has 0 bridgehead atoms. The summed E-state index contributed by atoms with van der Waals surface area (Å²) in [7, 11) is 0. The topological polar surface area (TPSA) is 41.1 Å². The van der Waals surface area contributed by atoms with E-state index in [4.69, 9.17) is 23.2 Å². The number of benzene rings is 1. The van der Waals surface area contributed by atoms with E-state index in [0.717, 1.165) is 37.1 Å². The Balaban J connectivity index is 1.95. The van der Waals surface area contributed by atoms with Crippen molar-refractivity contribution >= 4 is 40.5 Å². The SMILES string of the molecule is O=C1Nc2cc(Cl)c(Cl)cc2NCC12CCCCC2. The molecule has 0 radical (unpaired) electrons. The molecule has 1 saturated carbocycles. The Morgan fingerprint density at radius 2 is 1.63 bits per heavy atom. The van der Waals surface area contributed by atoms with Crippen molar-refractivity contribution in [2.75, 3.05) is 17.2 Å². The minimum atomic E-state index is -0.282. The summed E-state index contributed by atoms with van der Waals surface area (Å²) in [6.45, 7) is 0.670. The normalized spacial score (nSPS) is 21.3. The maximum atomic E-state index is 12.5. The molecule has 0 aromatic heterocycles. The molecule has 3 nitrogen and oxygen atoms in total. The highest BCUT2D eigenvalue weighted by molar-refractivity contribution is 6.42. The number of fused-ring (bicyclic) bond motifs is 1. The molecule has 3 rings (SSSR count). The quantitative estimate of drug-likeness (QED) is 0.749. The van der Waals surface area contributed by atoms with Gasteiger partial charge < -0.3 is 10.6 Å². The van der Waals surface area contributed by atoms with Gasteiger partial charge in [-0.2, -0.15) is 0 Å². The second kappa shape index (κ2) is 4.88. The Morgan fingerprint density at radius 1 is 1.00 bits per heavy atom. The molecule has 102 valence electrons. The minimum absolute atomic E-state index is 0.108. The van der Waals surface area contributed by atoms with Crippen LogP contribution in [-0.2, 0) is 4.79 Å². The molecule has 0 saturated heterocycles. The predicted molar refractivity (Wildman–Crippen MR) is 79.1 cm³/mol. The molecule has 1 amide bonds. The fourth-order valence-electron chi connectivity index (χ4n) is 3.03. The van der Waals surface area contributed by atoms with Gasteiger partial charge in [-0.15, -0.1) is 0 Å². The number of amides is 1. The van der Waals surface area contributed by atoms with Crippen molar-refractivity contribution < 1.29 is 4.79 Å². The second-order valence-electron chi connectivity index (χ2n) is 5.46. The van der Waals surface area contributed by atoms with Crippen LogP contribution in [0.25, 0.3) is 0 Å². The lowest BCUT2D eigenvalue weighted by atomic mass is 9.73. The highest BCUT2D eigenvalue weighted by Crippen LogP contribution is 2.42. The highest BCUT2D eigenvalue weighted by atomic mass is 35.5. The van der Waals surface area contributed by atoms with E-state index < -0.39 is 0 Å². The molecule has 2 N–H and O–H groups in total. The molecule has 1 aromatic rings. The molecule has 1 spiro atoms. The number of rotatable bonds is 0. The Kier molecular flexibility index (Phi) is 3.35. The maximum absolute atomic E-state index is 12.5. The van der Waals surface area contributed by atoms with Crippen LogP contribution in [0, 0.1) is 5.41 Å². The first-order valence-electron chi connectivity index (χ1n) is 6.65. The Labute approximate surface area is 122 Å². The van der Waals surface area contributed by atoms with Crippen molar-refractivity contribution in [3.05, 3.63) is 22.2 Å². The van der Waals surface area contributed by atoms with Crippen LogP contribution in [0.15, 0.2) is 12.1 Å². The van der Waals surface area contributed by atoms with Crippen LogP contribution in [0.3, 0.4) is 0 Å². The molecule has 0 unspecified atom stereocenters. The van der Waals surface area contributed by atoms with Crippen LogP contribution in [0.5, 0.6) is 0 Å². The molecule has 1 aromatic carbocycles. The van der Waals surface area contributed by atoms with Crippen LogP contribution in [0.2, 0.25) is 10.0 Å². The van der Waals surface area contributed by atoms with Gasteiger partial charge in [0.25, 0.3) is 0 Å². The summed E-state index contributed by atoms with van der Waals surface area (Å²) in [5.41, 5.74) is 1.29. The van der Waals surface area contributed by atoms with E-state index in [9.17, 15) is 4.79 Å². The molecular weight excluding hydrogens is 283 g/mol. The van der Waals surface area contributed by atoms with Crippen molar-refractivity contribution in [1.82, 2.24) is 0 Å². The summed E-state index contributed by atoms with van der Waals surface area (Å²) in [4.78, 5) is 12.5. The zero-order valence-corrected chi connectivity index (χ0v) is 12.1. The first-order chi connectivity index (χ1) is 9.11. The standard InChI is InChI=1S/C14H16Cl2N2O/c15-9-6-11-12(7-10(9)16)18-13(19)14(8-17-11)4-2-1-3-5-14/h6-7,17H,1-5,8H2,(H,18,19). The van der Waals surface area contributed by atoms with Crippen molar-refractivity contribution in [3.8, 4) is 0 Å². The van der Waals surface area contributed by atoms with Crippen LogP contribution >= 0.6 is 23.2 Å². The van der Waals surface area contributed by atoms with Crippen molar-refractivity contribution in [1.29, 1.82) is 0 Å². The molecular formula is C14H16Cl2N2O. The van der Waals surface area contributed by atoms with E-state index in [1.54, 1.807) is 12.1 Å². The maximum Gasteiger partial charge on any atom is 0.232 e. The Hall–Kier alpha value is -0.930. The fourth-order valence-corrected chi connectivity index (χ4v) is 3.36. The van der Waals surface area contributed by atoms with E-state index in [2.05, 4.69) is 10.6 Å². The lowest BCUT2D eigenvalue weighted by Crippen LogP contribution is -2.41. The van der Waals surface area contributed by atoms with Gasteiger partial charge in [0.1, 0.15) is 0 Å². The summed E-state index contributed by atoms with van der Waals surface area (Å²) in [6, 6.07) is 3.49. The van der Waals surface area contributed by atoms with Crippen molar-refractivity contribution in [2.45, 2.75) is 32.1 Å². The summed E-state index contributed by atoms with van der Waals surface area (Å²) in [5, 5.41) is 7.33. The van der Waals surface area contributed by atoms with Crippen LogP contribution in [-0.4, -0.2) is 12.5 Å². The average molecular weight is 299 g/mol. The molecule has 1 fully saturated rings. The van der Waals surface area contributed by atoms with Crippen molar-refractivity contribution in [3.63, 3.8) is 0 Å². The van der Waals surface area contributed by atoms with Gasteiger partial charge in [-0.1, -0.05) is 42.5 Å². The number of hydrogen-bond acceptors (Lipinski definition) is 2. The number of halogens is 2. The zero-order valence-electron chi connectivity index (χ0n) is 10.6. The van der Waals surface area contributed by atoms with Gasteiger partial charge in [-0.3, -0.25) is 4.79 Å². The zero-order chi connectivity index (χ0) is 13.5. The van der Waals surface area contributed by atoms with E-state index in [1.165, 1.54) is 6.42 Å². The molecule has 19 heavy (non-hydrogen) atoms. The monoisotopic (exact) mass is 298 g/mol. The number of anilines is 2. The first kappa shape index (κ1) is 13.1. The smallest absolute Gasteiger partial charge is 0.232 e. The third-order valence-electron chi connectivity index (χ3n) is 4.22. The summed E-state index contributed by atoms with van der Waals surface area (Å²) < 4.78 is 0. The molecule has 0 atom stereocenters. The van der Waals surface area contributed by atoms with E-state index in [1.807, 2.05) is 0 Å². The second-order valence-corrected chi connectivity index (χ2v) is 6.27. The lowest BCUT2D eigenvalue weighted by Gasteiger charge is -2.34. The molecule has 2 aliphatic rings. The van der Waals surface area contributed by atoms with E-state index in [-0.39, 0.29) is 11.3 Å². The van der Waals surface area contributed by atoms with Crippen LogP contribution < -0.4 is 10.6 Å². The fraction of sp³-hybridized carbons (Fsp3) is 0.500. The minimum Gasteiger partial charge on any atom is -0.382 e. The third kappa shape index (κ3) is 2.30. The van der Waals surface area contributed by atoms with E-state index >= 15 is 0 Å². The van der Waals surface area contributed by atoms with E-state index in [0.29, 0.717) is 16.6 Å². The summed E-state index contributed by atoms with van der Waals surface area (Å²) in [6.07, 6.45) is 5.35. The molecule has 1 heterocycles. The largest absolute Gasteiger partial charge is 0.382 e. The van der Waals surface area contributed by atoms with Gasteiger partial charge in [-0.25, -0.2) is 0 Å². The average Bonchev–Trinajstić information content (AvgIpc) is 2.52. The summed E-state index contributed by atoms with van der Waals surface area (Å²) >= 11 is 12.0. The molecule has 5 heteroatoms. The lowest BCUT2D eigenvalue weighted by molar-refractivity contribution is -0.126. The van der Waals surface area contributed by atoms with Crippen LogP contribution in [0.4, 0.5) is 11.4 Å². The van der Waals surface area contributed by atoms with Gasteiger partial charge >= 0.3 is 0 Å². The first-order valence-corrected chi connectivity index (χ1v) is 7.41. The number of carbonyl (C=O) groups excluding carboxylic acids is 1. The van der Waals surface area contributed by atoms with Crippen molar-refractivity contribution in [2.24, 2.45) is 5.41 Å². The van der Waals surface area contributed by atoms with Gasteiger partial charge in [0, 0.05) is 6.54 Å². The number of carbonyl (C=O) groups is 1.